The van der Waals surface area contributed by atoms with Crippen molar-refractivity contribution in [3.63, 3.8) is 0 Å². The largest absolute Gasteiger partial charge is 0.314 e. The molecule has 1 aromatic rings. The van der Waals surface area contributed by atoms with Gasteiger partial charge in [0.15, 0.2) is 0 Å². The minimum atomic E-state index is -0.903. The highest BCUT2D eigenvalue weighted by Gasteiger charge is 2.15. The highest BCUT2D eigenvalue weighted by molar-refractivity contribution is 6.31. The van der Waals surface area contributed by atoms with Gasteiger partial charge in [-0.15, -0.1) is 0 Å². The number of nitrogens with one attached hydrogen (secondary N) is 1. The molecule has 1 nitrogen and oxygen atoms in total. The monoisotopic (exact) mass is 215 g/mol. The molecule has 0 saturated heterocycles. The first-order valence-electron chi connectivity index (χ1n) is 4.70. The molecule has 0 aliphatic heterocycles. The number of halogens is 2. The standard InChI is InChI=1S/C11H15ClFN/c1-8(14-2)11(13)7-9-5-3-4-6-10(9)12/h3-6,8,11,14H,7H2,1-2H3. The Morgan fingerprint density at radius 3 is 2.64 bits per heavy atom. The van der Waals surface area contributed by atoms with Crippen LogP contribution < -0.4 is 5.32 Å². The van der Waals surface area contributed by atoms with Gasteiger partial charge >= 0.3 is 0 Å². The van der Waals surface area contributed by atoms with Crippen LogP contribution in [0, 0.1) is 0 Å². The molecule has 2 unspecified atom stereocenters. The molecule has 0 aliphatic rings. The first kappa shape index (κ1) is 11.5. The van der Waals surface area contributed by atoms with Crippen LogP contribution >= 0.6 is 11.6 Å². The lowest BCUT2D eigenvalue weighted by Gasteiger charge is -2.16. The van der Waals surface area contributed by atoms with Crippen LogP contribution in [-0.2, 0) is 6.42 Å². The van der Waals surface area contributed by atoms with Gasteiger partial charge in [0.2, 0.25) is 0 Å². The van der Waals surface area contributed by atoms with E-state index in [0.29, 0.717) is 11.4 Å². The molecule has 0 heterocycles. The summed E-state index contributed by atoms with van der Waals surface area (Å²) in [5.41, 5.74) is 0.865. The zero-order valence-electron chi connectivity index (χ0n) is 8.43. The number of benzene rings is 1. The van der Waals surface area contributed by atoms with E-state index < -0.39 is 6.17 Å². The van der Waals surface area contributed by atoms with Crippen molar-refractivity contribution >= 4 is 11.6 Å². The van der Waals surface area contributed by atoms with Crippen molar-refractivity contribution in [1.29, 1.82) is 0 Å². The van der Waals surface area contributed by atoms with Gasteiger partial charge in [-0.25, -0.2) is 4.39 Å². The zero-order chi connectivity index (χ0) is 10.6. The van der Waals surface area contributed by atoms with E-state index in [1.807, 2.05) is 25.1 Å². The minimum absolute atomic E-state index is 0.147. The predicted octanol–water partition coefficient (Wildman–Crippen LogP) is 2.83. The van der Waals surface area contributed by atoms with Gasteiger partial charge in [0.05, 0.1) is 0 Å². The van der Waals surface area contributed by atoms with E-state index in [1.54, 1.807) is 13.1 Å². The van der Waals surface area contributed by atoms with Gasteiger partial charge < -0.3 is 5.32 Å². The van der Waals surface area contributed by atoms with Gasteiger partial charge in [0.25, 0.3) is 0 Å². The van der Waals surface area contributed by atoms with E-state index in [9.17, 15) is 4.39 Å². The van der Waals surface area contributed by atoms with Crippen molar-refractivity contribution in [3.8, 4) is 0 Å². The molecule has 0 amide bonds. The van der Waals surface area contributed by atoms with E-state index in [4.69, 9.17) is 11.6 Å². The number of hydrogen-bond donors (Lipinski definition) is 1. The molecule has 0 aromatic heterocycles. The van der Waals surface area contributed by atoms with Gasteiger partial charge in [-0.3, -0.25) is 0 Å². The molecule has 0 radical (unpaired) electrons. The maximum absolute atomic E-state index is 13.5. The lowest BCUT2D eigenvalue weighted by molar-refractivity contribution is 0.267. The fourth-order valence-corrected chi connectivity index (χ4v) is 1.44. The van der Waals surface area contributed by atoms with Crippen molar-refractivity contribution < 1.29 is 4.39 Å². The molecular weight excluding hydrogens is 201 g/mol. The van der Waals surface area contributed by atoms with Crippen molar-refractivity contribution in [3.05, 3.63) is 34.9 Å². The molecule has 0 fully saturated rings. The summed E-state index contributed by atoms with van der Waals surface area (Å²) in [4.78, 5) is 0. The van der Waals surface area contributed by atoms with E-state index in [0.717, 1.165) is 5.56 Å². The van der Waals surface area contributed by atoms with Crippen LogP contribution in [0.3, 0.4) is 0 Å². The summed E-state index contributed by atoms with van der Waals surface area (Å²) >= 11 is 5.93. The third kappa shape index (κ3) is 2.96. The highest BCUT2D eigenvalue weighted by atomic mass is 35.5. The molecule has 1 rings (SSSR count). The Labute approximate surface area is 89.3 Å². The topological polar surface area (TPSA) is 12.0 Å². The number of alkyl halides is 1. The summed E-state index contributed by atoms with van der Waals surface area (Å²) in [5, 5.41) is 3.52. The average molecular weight is 216 g/mol. The molecule has 0 saturated carbocycles. The summed E-state index contributed by atoms with van der Waals surface area (Å²) in [6.07, 6.45) is -0.540. The Morgan fingerprint density at radius 1 is 1.43 bits per heavy atom. The van der Waals surface area contributed by atoms with Crippen LogP contribution in [0.1, 0.15) is 12.5 Å². The molecule has 0 bridgehead atoms. The van der Waals surface area contributed by atoms with Crippen LogP contribution in [0.4, 0.5) is 4.39 Å². The van der Waals surface area contributed by atoms with Crippen molar-refractivity contribution in [2.75, 3.05) is 7.05 Å². The first-order valence-corrected chi connectivity index (χ1v) is 5.07. The van der Waals surface area contributed by atoms with Gasteiger partial charge in [0, 0.05) is 17.5 Å². The van der Waals surface area contributed by atoms with E-state index >= 15 is 0 Å². The van der Waals surface area contributed by atoms with Gasteiger partial charge in [-0.2, -0.15) is 0 Å². The molecule has 78 valence electrons. The normalized spacial score (nSPS) is 15.1. The molecule has 0 spiro atoms. The van der Waals surface area contributed by atoms with Gasteiger partial charge in [-0.05, 0) is 25.6 Å². The molecule has 3 heteroatoms. The second kappa shape index (κ2) is 5.32. The van der Waals surface area contributed by atoms with Crippen LogP contribution in [0.2, 0.25) is 5.02 Å². The highest BCUT2D eigenvalue weighted by Crippen LogP contribution is 2.18. The van der Waals surface area contributed by atoms with Crippen LogP contribution in [0.15, 0.2) is 24.3 Å². The Balaban J connectivity index is 2.64. The van der Waals surface area contributed by atoms with Crippen LogP contribution in [0.5, 0.6) is 0 Å². The third-order valence-electron chi connectivity index (χ3n) is 2.37. The van der Waals surface area contributed by atoms with Crippen LogP contribution in [-0.4, -0.2) is 19.3 Å². The van der Waals surface area contributed by atoms with E-state index in [2.05, 4.69) is 5.32 Å². The molecule has 2 atom stereocenters. The van der Waals surface area contributed by atoms with E-state index in [1.165, 1.54) is 0 Å². The Bertz CT molecular complexity index is 290. The molecule has 0 aliphatic carbocycles. The quantitative estimate of drug-likeness (QED) is 0.815. The number of rotatable bonds is 4. The third-order valence-corrected chi connectivity index (χ3v) is 2.74. The Kier molecular flexibility index (Phi) is 4.36. The minimum Gasteiger partial charge on any atom is -0.314 e. The maximum Gasteiger partial charge on any atom is 0.119 e. The second-order valence-electron chi connectivity index (χ2n) is 3.39. The fraction of sp³-hybridized carbons (Fsp3) is 0.455. The van der Waals surface area contributed by atoms with Crippen LogP contribution in [0.25, 0.3) is 0 Å². The predicted molar refractivity (Wildman–Crippen MR) is 58.6 cm³/mol. The lowest BCUT2D eigenvalue weighted by atomic mass is 10.0. The molecule has 14 heavy (non-hydrogen) atoms. The fourth-order valence-electron chi connectivity index (χ4n) is 1.23. The summed E-state index contributed by atoms with van der Waals surface area (Å²) in [5.74, 6) is 0. The van der Waals surface area contributed by atoms with Gasteiger partial charge in [-0.1, -0.05) is 29.8 Å². The smallest absolute Gasteiger partial charge is 0.119 e. The maximum atomic E-state index is 13.5. The van der Waals surface area contributed by atoms with Crippen molar-refractivity contribution in [2.24, 2.45) is 0 Å². The Hall–Kier alpha value is -0.600. The summed E-state index contributed by atoms with van der Waals surface area (Å²) < 4.78 is 13.5. The van der Waals surface area contributed by atoms with Gasteiger partial charge in [0.1, 0.15) is 6.17 Å². The zero-order valence-corrected chi connectivity index (χ0v) is 9.18. The van der Waals surface area contributed by atoms with Crippen molar-refractivity contribution in [1.82, 2.24) is 5.32 Å². The second-order valence-corrected chi connectivity index (χ2v) is 3.80. The molecule has 1 N–H and O–H groups in total. The lowest BCUT2D eigenvalue weighted by Crippen LogP contribution is -2.33. The first-order chi connectivity index (χ1) is 6.65. The summed E-state index contributed by atoms with van der Waals surface area (Å²) in [6, 6.07) is 7.22. The number of hydrogen-bond acceptors (Lipinski definition) is 1. The average Bonchev–Trinajstić information content (AvgIpc) is 2.20. The Morgan fingerprint density at radius 2 is 2.07 bits per heavy atom. The summed E-state index contributed by atoms with van der Waals surface area (Å²) in [7, 11) is 1.75. The SMILES string of the molecule is CNC(C)C(F)Cc1ccccc1Cl. The summed E-state index contributed by atoms with van der Waals surface area (Å²) in [6.45, 7) is 1.82. The molecule has 1 aromatic carbocycles. The van der Waals surface area contributed by atoms with Crippen molar-refractivity contribution in [2.45, 2.75) is 25.6 Å². The molecular formula is C11H15ClFN. The van der Waals surface area contributed by atoms with E-state index in [-0.39, 0.29) is 6.04 Å².